The van der Waals surface area contributed by atoms with Crippen LogP contribution in [0.2, 0.25) is 0 Å². The Hall–Kier alpha value is -4.50. The van der Waals surface area contributed by atoms with Crippen molar-refractivity contribution in [1.29, 1.82) is 0 Å². The van der Waals surface area contributed by atoms with Crippen LogP contribution in [0.25, 0.3) is 11.1 Å². The van der Waals surface area contributed by atoms with E-state index >= 15 is 0 Å². The third-order valence-electron chi connectivity index (χ3n) is 11.3. The Labute approximate surface area is 326 Å². The number of hydrogen-bond donors (Lipinski definition) is 0. The van der Waals surface area contributed by atoms with E-state index in [1.807, 2.05) is 60.7 Å². The molecule has 0 saturated carbocycles. The summed E-state index contributed by atoms with van der Waals surface area (Å²) in [6, 6.07) is 26.3. The highest BCUT2D eigenvalue weighted by molar-refractivity contribution is 5.92. The highest BCUT2D eigenvalue weighted by atomic mass is 16.5. The molecule has 4 aromatic carbocycles. The molecule has 0 amide bonds. The molecule has 4 aromatic rings. The second-order valence-corrected chi connectivity index (χ2v) is 15.3. The van der Waals surface area contributed by atoms with Crippen LogP contribution in [0.3, 0.4) is 0 Å². The van der Waals surface area contributed by atoms with Crippen LogP contribution in [0.15, 0.2) is 84.9 Å². The van der Waals surface area contributed by atoms with Gasteiger partial charge >= 0.3 is 11.9 Å². The normalized spacial score (nSPS) is 17.0. The Morgan fingerprint density at radius 3 is 1.55 bits per heavy atom. The van der Waals surface area contributed by atoms with Gasteiger partial charge in [-0.25, -0.2) is 9.59 Å². The maximum Gasteiger partial charge on any atom is 0.343 e. The second kappa shape index (κ2) is 18.4. The van der Waals surface area contributed by atoms with Gasteiger partial charge in [-0.2, -0.15) is 0 Å². The quantitative estimate of drug-likeness (QED) is 0.0636. The number of carbonyl (C=O) groups is 2. The summed E-state index contributed by atoms with van der Waals surface area (Å²) >= 11 is 0. The topological polar surface area (TPSA) is 89.5 Å². The van der Waals surface area contributed by atoms with Gasteiger partial charge in [-0.1, -0.05) is 58.9 Å². The van der Waals surface area contributed by atoms with Gasteiger partial charge in [-0.3, -0.25) is 0 Å². The number of ether oxygens (including phenoxy) is 6. The fourth-order valence-electron chi connectivity index (χ4n) is 7.14. The maximum absolute atomic E-state index is 13.0. The molecule has 8 heteroatoms. The third-order valence-corrected chi connectivity index (χ3v) is 11.3. The van der Waals surface area contributed by atoms with E-state index in [0.717, 1.165) is 100 Å². The largest absolute Gasteiger partial charge is 0.493 e. The lowest BCUT2D eigenvalue weighted by Gasteiger charge is -2.41. The Balaban J connectivity index is 0.000000672. The minimum Gasteiger partial charge on any atom is -0.493 e. The van der Waals surface area contributed by atoms with Gasteiger partial charge in [0.25, 0.3) is 0 Å². The van der Waals surface area contributed by atoms with Crippen molar-refractivity contribution in [2.45, 2.75) is 79.1 Å². The molecule has 2 saturated heterocycles. The number of benzene rings is 4. The number of hydrogen-bond acceptors (Lipinski definition) is 8. The van der Waals surface area contributed by atoms with E-state index in [2.05, 4.69) is 34.6 Å². The highest BCUT2D eigenvalue weighted by Gasteiger charge is 2.38. The van der Waals surface area contributed by atoms with Gasteiger partial charge in [0, 0.05) is 24.5 Å². The number of fused-ring (bicyclic) bond motifs is 3. The zero-order valence-corrected chi connectivity index (χ0v) is 33.1. The van der Waals surface area contributed by atoms with Crippen LogP contribution in [0, 0.1) is 10.8 Å². The molecule has 0 N–H and O–H groups in total. The molecule has 1 atom stereocenters. The number of rotatable bonds is 16. The fourth-order valence-corrected chi connectivity index (χ4v) is 7.14. The summed E-state index contributed by atoms with van der Waals surface area (Å²) in [7, 11) is 0. The first kappa shape index (κ1) is 40.2. The smallest absolute Gasteiger partial charge is 0.343 e. The Morgan fingerprint density at radius 1 is 0.636 bits per heavy atom. The molecule has 0 radical (unpaired) electrons. The van der Waals surface area contributed by atoms with Crippen molar-refractivity contribution >= 4 is 11.9 Å². The summed E-state index contributed by atoms with van der Waals surface area (Å²) in [5, 5.41) is 0. The van der Waals surface area contributed by atoms with E-state index < -0.39 is 5.97 Å². The molecule has 2 aliphatic heterocycles. The average molecular weight is 749 g/mol. The van der Waals surface area contributed by atoms with Crippen molar-refractivity contribution in [2.24, 2.45) is 10.8 Å². The van der Waals surface area contributed by atoms with Gasteiger partial charge in [-0.05, 0) is 127 Å². The zero-order valence-electron chi connectivity index (χ0n) is 33.1. The van der Waals surface area contributed by atoms with Crippen LogP contribution in [0.4, 0.5) is 0 Å². The van der Waals surface area contributed by atoms with E-state index in [1.165, 1.54) is 5.56 Å². The standard InChI is InChI=1S/C41H42O7.C6H14O/c1-4-40(22-44-23-40)19-18-28-6-8-29(9-7-28)38(42)47-32-14-16-34-35-17-15-33(21-37(35)27(3)36(34)20-32)48-39(43)30-10-12-31(13-11-30)46-26-41(5-2)24-45-25-41;1-3-5-7-6-4-2/h6-17,20-21,27H,4-5,18-19,22-26H2,1-3H3;3-6H2,1-2H3. The van der Waals surface area contributed by atoms with Gasteiger partial charge in [-0.15, -0.1) is 0 Å². The SMILES string of the molecule is CCC1(CCc2ccc(C(=O)Oc3ccc4c(c3)C(C)c3cc(OC(=O)c5ccc(OCC6(CC)COC6)cc5)ccc3-4)cc2)COC1.CCCOCCC. The Morgan fingerprint density at radius 2 is 1.11 bits per heavy atom. The van der Waals surface area contributed by atoms with Crippen LogP contribution in [0.1, 0.15) is 110 Å². The monoisotopic (exact) mass is 748 g/mol. The van der Waals surface area contributed by atoms with E-state index in [1.54, 1.807) is 24.3 Å². The molecule has 1 aliphatic carbocycles. The van der Waals surface area contributed by atoms with Crippen molar-refractivity contribution in [2.75, 3.05) is 46.2 Å². The van der Waals surface area contributed by atoms with Gasteiger partial charge in [0.05, 0.1) is 49.6 Å². The van der Waals surface area contributed by atoms with E-state index in [0.29, 0.717) is 40.4 Å². The predicted molar refractivity (Wildman–Crippen MR) is 214 cm³/mol. The molecule has 7 rings (SSSR count). The Kier molecular flexibility index (Phi) is 13.5. The number of aryl methyl sites for hydroxylation is 1. The van der Waals surface area contributed by atoms with Crippen LogP contribution >= 0.6 is 0 Å². The molecule has 0 bridgehead atoms. The highest BCUT2D eigenvalue weighted by Crippen LogP contribution is 2.47. The molecular weight excluding hydrogens is 693 g/mol. The van der Waals surface area contributed by atoms with Crippen molar-refractivity contribution < 1.29 is 38.0 Å². The van der Waals surface area contributed by atoms with Crippen LogP contribution in [-0.2, 0) is 20.6 Å². The predicted octanol–water partition coefficient (Wildman–Crippen LogP) is 10.2. The van der Waals surface area contributed by atoms with Gasteiger partial charge in [0.1, 0.15) is 17.2 Å². The molecule has 3 aliphatic rings. The van der Waals surface area contributed by atoms with Gasteiger partial charge in [0.15, 0.2) is 0 Å². The number of esters is 2. The Bertz CT molecular complexity index is 1740. The average Bonchev–Trinajstić information content (AvgIpc) is 3.45. The summed E-state index contributed by atoms with van der Waals surface area (Å²) in [5.74, 6) is 0.921. The first-order valence-electron chi connectivity index (χ1n) is 20.0. The molecule has 2 heterocycles. The molecule has 0 spiro atoms. The van der Waals surface area contributed by atoms with Crippen LogP contribution < -0.4 is 14.2 Å². The minimum atomic E-state index is -0.429. The van der Waals surface area contributed by atoms with Crippen molar-refractivity contribution in [3.8, 4) is 28.4 Å². The molecule has 55 heavy (non-hydrogen) atoms. The number of carbonyl (C=O) groups excluding carboxylic acids is 2. The molecule has 1 unspecified atom stereocenters. The molecular formula is C47H56O8. The lowest BCUT2D eigenvalue weighted by atomic mass is 9.78. The van der Waals surface area contributed by atoms with E-state index in [9.17, 15) is 9.59 Å². The lowest BCUT2D eigenvalue weighted by molar-refractivity contribution is -0.133. The van der Waals surface area contributed by atoms with E-state index in [-0.39, 0.29) is 17.3 Å². The fraction of sp³-hybridized carbons (Fsp3) is 0.447. The molecule has 292 valence electrons. The van der Waals surface area contributed by atoms with Crippen LogP contribution in [0.5, 0.6) is 17.2 Å². The summed E-state index contributed by atoms with van der Waals surface area (Å²) in [6.07, 6.45) is 6.46. The molecule has 0 aromatic heterocycles. The summed E-state index contributed by atoms with van der Waals surface area (Å²) < 4.78 is 33.5. The van der Waals surface area contributed by atoms with Crippen molar-refractivity contribution in [1.82, 2.24) is 0 Å². The minimum absolute atomic E-state index is 0.0305. The second-order valence-electron chi connectivity index (χ2n) is 15.3. The third kappa shape index (κ3) is 9.66. The zero-order chi connectivity index (χ0) is 38.8. The molecule has 2 fully saturated rings. The van der Waals surface area contributed by atoms with Crippen molar-refractivity contribution in [3.63, 3.8) is 0 Å². The first-order valence-corrected chi connectivity index (χ1v) is 20.0. The first-order chi connectivity index (χ1) is 26.7. The summed E-state index contributed by atoms with van der Waals surface area (Å²) in [5.41, 5.74) is 6.85. The van der Waals surface area contributed by atoms with Crippen molar-refractivity contribution in [3.05, 3.63) is 113 Å². The summed E-state index contributed by atoms with van der Waals surface area (Å²) in [6.45, 7) is 16.3. The lowest BCUT2D eigenvalue weighted by Crippen LogP contribution is -2.46. The van der Waals surface area contributed by atoms with Gasteiger partial charge in [0.2, 0.25) is 0 Å². The van der Waals surface area contributed by atoms with Crippen LogP contribution in [-0.4, -0.2) is 58.2 Å². The van der Waals surface area contributed by atoms with Gasteiger partial charge < -0.3 is 28.4 Å². The van der Waals surface area contributed by atoms with E-state index in [4.69, 9.17) is 28.4 Å². The summed E-state index contributed by atoms with van der Waals surface area (Å²) in [4.78, 5) is 26.0. The molecule has 8 nitrogen and oxygen atoms in total. The maximum atomic E-state index is 13.0.